The van der Waals surface area contributed by atoms with E-state index < -0.39 is 22.1 Å². The minimum Gasteiger partial charge on any atom is -0.477 e. The highest BCUT2D eigenvalue weighted by molar-refractivity contribution is 7.89. The van der Waals surface area contributed by atoms with Crippen LogP contribution in [0.5, 0.6) is 0 Å². The van der Waals surface area contributed by atoms with Crippen LogP contribution in [0.1, 0.15) is 27.9 Å². The van der Waals surface area contributed by atoms with E-state index in [0.29, 0.717) is 11.3 Å². The van der Waals surface area contributed by atoms with Crippen LogP contribution in [0, 0.1) is 12.8 Å². The number of aliphatic hydroxyl groups excluding tert-OH is 1. The number of aliphatic hydroxyl groups is 1. The molecule has 0 bridgehead atoms. The molecule has 1 saturated heterocycles. The Morgan fingerprint density at radius 1 is 1.50 bits per heavy atom. The molecule has 8 heteroatoms. The van der Waals surface area contributed by atoms with E-state index in [1.54, 1.807) is 13.8 Å². The number of hydrogen-bond donors (Lipinski definition) is 2. The Morgan fingerprint density at radius 3 is 2.65 bits per heavy atom. The van der Waals surface area contributed by atoms with Gasteiger partial charge in [-0.25, -0.2) is 13.2 Å². The molecular formula is C12H17NO5S2. The highest BCUT2D eigenvalue weighted by atomic mass is 32.2. The van der Waals surface area contributed by atoms with Gasteiger partial charge in [-0.15, -0.1) is 11.3 Å². The quantitative estimate of drug-likeness (QED) is 0.871. The number of aromatic carboxylic acids is 1. The molecule has 0 radical (unpaired) electrons. The Labute approximate surface area is 121 Å². The van der Waals surface area contributed by atoms with Gasteiger partial charge in [-0.3, -0.25) is 0 Å². The first-order chi connectivity index (χ1) is 9.23. The van der Waals surface area contributed by atoms with Gasteiger partial charge in [-0.05, 0) is 25.3 Å². The predicted molar refractivity (Wildman–Crippen MR) is 74.6 cm³/mol. The molecule has 1 aliphatic heterocycles. The molecule has 20 heavy (non-hydrogen) atoms. The van der Waals surface area contributed by atoms with E-state index in [1.165, 1.54) is 10.4 Å². The largest absolute Gasteiger partial charge is 0.477 e. The first kappa shape index (κ1) is 15.4. The van der Waals surface area contributed by atoms with Crippen molar-refractivity contribution in [2.24, 2.45) is 5.92 Å². The molecule has 2 unspecified atom stereocenters. The van der Waals surface area contributed by atoms with E-state index in [1.807, 2.05) is 0 Å². The van der Waals surface area contributed by atoms with Crippen LogP contribution in [-0.2, 0) is 10.0 Å². The second-order valence-corrected chi connectivity index (χ2v) is 8.20. The number of carbonyl (C=O) groups is 1. The fourth-order valence-corrected chi connectivity index (χ4v) is 5.23. The Balaban J connectivity index is 2.33. The lowest BCUT2D eigenvalue weighted by Crippen LogP contribution is -2.44. The minimum atomic E-state index is -3.69. The van der Waals surface area contributed by atoms with Gasteiger partial charge >= 0.3 is 5.97 Å². The van der Waals surface area contributed by atoms with Crippen LogP contribution in [-0.4, -0.2) is 48.1 Å². The molecule has 0 saturated carbocycles. The molecule has 2 atom stereocenters. The molecule has 112 valence electrons. The van der Waals surface area contributed by atoms with Crippen molar-refractivity contribution < 1.29 is 23.4 Å². The Bertz CT molecular complexity index is 622. The Morgan fingerprint density at radius 2 is 2.15 bits per heavy atom. The van der Waals surface area contributed by atoms with Crippen LogP contribution in [0.4, 0.5) is 0 Å². The molecule has 2 N–H and O–H groups in total. The second kappa shape index (κ2) is 5.44. The Kier molecular flexibility index (Phi) is 4.19. The fraction of sp³-hybridized carbons (Fsp3) is 0.583. The van der Waals surface area contributed by atoms with E-state index >= 15 is 0 Å². The van der Waals surface area contributed by atoms with E-state index in [-0.39, 0.29) is 28.8 Å². The molecule has 1 aromatic rings. The van der Waals surface area contributed by atoms with Crippen LogP contribution < -0.4 is 0 Å². The lowest BCUT2D eigenvalue weighted by Gasteiger charge is -2.33. The zero-order chi connectivity index (χ0) is 15.1. The predicted octanol–water partition coefficient (Wildman–Crippen LogP) is 1.15. The molecule has 0 amide bonds. The van der Waals surface area contributed by atoms with Gasteiger partial charge < -0.3 is 10.2 Å². The first-order valence-corrected chi connectivity index (χ1v) is 8.51. The summed E-state index contributed by atoms with van der Waals surface area (Å²) in [5.74, 6) is -1.25. The first-order valence-electron chi connectivity index (χ1n) is 6.25. The molecule has 1 fully saturated rings. The number of hydrogen-bond acceptors (Lipinski definition) is 5. The van der Waals surface area contributed by atoms with Crippen molar-refractivity contribution in [3.05, 3.63) is 15.8 Å². The molecule has 6 nitrogen and oxygen atoms in total. The lowest BCUT2D eigenvalue weighted by molar-refractivity contribution is 0.0628. The highest BCUT2D eigenvalue weighted by Crippen LogP contribution is 2.30. The molecule has 1 aliphatic rings. The minimum absolute atomic E-state index is 0.0196. The second-order valence-electron chi connectivity index (χ2n) is 5.03. The summed E-state index contributed by atoms with van der Waals surface area (Å²) in [4.78, 5) is 11.5. The van der Waals surface area contributed by atoms with Gasteiger partial charge in [0.25, 0.3) is 0 Å². The van der Waals surface area contributed by atoms with Crippen molar-refractivity contribution in [2.75, 3.05) is 13.1 Å². The number of aryl methyl sites for hydroxylation is 1. The van der Waals surface area contributed by atoms with Crippen molar-refractivity contribution in [1.82, 2.24) is 4.31 Å². The average molecular weight is 319 g/mol. The maximum Gasteiger partial charge on any atom is 0.345 e. The summed E-state index contributed by atoms with van der Waals surface area (Å²) in [6.07, 6.45) is -0.0883. The zero-order valence-corrected chi connectivity index (χ0v) is 12.9. The summed E-state index contributed by atoms with van der Waals surface area (Å²) >= 11 is 0.960. The maximum absolute atomic E-state index is 12.6. The summed E-state index contributed by atoms with van der Waals surface area (Å²) in [6.45, 7) is 3.91. The third-order valence-electron chi connectivity index (χ3n) is 3.52. The van der Waals surface area contributed by atoms with Crippen molar-refractivity contribution in [3.8, 4) is 0 Å². The molecule has 2 heterocycles. The number of carboxylic acid groups (broad SMARTS) is 1. The van der Waals surface area contributed by atoms with E-state index in [0.717, 1.165) is 11.3 Å². The van der Waals surface area contributed by atoms with Gasteiger partial charge in [-0.2, -0.15) is 4.31 Å². The van der Waals surface area contributed by atoms with Crippen molar-refractivity contribution in [1.29, 1.82) is 0 Å². The van der Waals surface area contributed by atoms with Crippen LogP contribution in [0.3, 0.4) is 0 Å². The molecule has 0 aromatic carbocycles. The van der Waals surface area contributed by atoms with Crippen molar-refractivity contribution >= 4 is 27.3 Å². The van der Waals surface area contributed by atoms with Gasteiger partial charge in [0.2, 0.25) is 10.0 Å². The number of rotatable bonds is 3. The van der Waals surface area contributed by atoms with E-state index in [2.05, 4.69) is 0 Å². The van der Waals surface area contributed by atoms with Gasteiger partial charge in [0.1, 0.15) is 4.88 Å². The van der Waals surface area contributed by atoms with Gasteiger partial charge in [0.05, 0.1) is 11.0 Å². The van der Waals surface area contributed by atoms with Crippen LogP contribution >= 0.6 is 11.3 Å². The monoisotopic (exact) mass is 319 g/mol. The maximum atomic E-state index is 12.6. The van der Waals surface area contributed by atoms with E-state index in [4.69, 9.17) is 5.11 Å². The van der Waals surface area contributed by atoms with Crippen LogP contribution in [0.15, 0.2) is 11.0 Å². The van der Waals surface area contributed by atoms with Crippen LogP contribution in [0.2, 0.25) is 0 Å². The third kappa shape index (κ3) is 2.73. The SMILES string of the molecule is Cc1sc(C(=O)O)cc1S(=O)(=O)N1CCC(O)C(C)C1. The summed E-state index contributed by atoms with van der Waals surface area (Å²) < 4.78 is 26.4. The number of nitrogens with zero attached hydrogens (tertiary/aromatic N) is 1. The number of piperidine rings is 1. The number of sulfonamides is 1. The topological polar surface area (TPSA) is 94.9 Å². The third-order valence-corrected chi connectivity index (χ3v) is 6.68. The summed E-state index contributed by atoms with van der Waals surface area (Å²) in [7, 11) is -3.69. The Hall–Kier alpha value is -0.960. The molecule has 1 aromatic heterocycles. The summed E-state index contributed by atoms with van der Waals surface area (Å²) in [5.41, 5.74) is 0. The smallest absolute Gasteiger partial charge is 0.345 e. The van der Waals surface area contributed by atoms with Gasteiger partial charge in [0.15, 0.2) is 0 Å². The summed E-state index contributed by atoms with van der Waals surface area (Å²) in [5, 5.41) is 18.6. The summed E-state index contributed by atoms with van der Waals surface area (Å²) in [6, 6.07) is 1.22. The van der Waals surface area contributed by atoms with Gasteiger partial charge in [0, 0.05) is 18.0 Å². The molecular weight excluding hydrogens is 302 g/mol. The number of carboxylic acids is 1. The fourth-order valence-electron chi connectivity index (χ4n) is 2.28. The number of thiophene rings is 1. The van der Waals surface area contributed by atoms with Crippen molar-refractivity contribution in [3.63, 3.8) is 0 Å². The lowest BCUT2D eigenvalue weighted by atomic mass is 9.99. The normalized spacial score (nSPS) is 24.8. The molecule has 0 aliphatic carbocycles. The zero-order valence-electron chi connectivity index (χ0n) is 11.2. The molecule has 0 spiro atoms. The van der Waals surface area contributed by atoms with Crippen LogP contribution in [0.25, 0.3) is 0 Å². The average Bonchev–Trinajstić information content (AvgIpc) is 2.75. The van der Waals surface area contributed by atoms with E-state index in [9.17, 15) is 18.3 Å². The van der Waals surface area contributed by atoms with Gasteiger partial charge in [-0.1, -0.05) is 6.92 Å². The van der Waals surface area contributed by atoms with Crippen molar-refractivity contribution in [2.45, 2.75) is 31.3 Å². The molecule has 2 rings (SSSR count). The standard InChI is InChI=1S/C12H17NO5S2/c1-7-6-13(4-3-9(7)14)20(17,18)11-5-10(12(15)16)19-8(11)2/h5,7,9,14H,3-4,6H2,1-2H3,(H,15,16). The highest BCUT2D eigenvalue weighted by Gasteiger charge is 2.34.